The smallest absolute Gasteiger partial charge is 0.322 e. The number of amides is 3. The number of fused-ring (bicyclic) bond motifs is 1. The number of piperidine rings is 1. The van der Waals surface area contributed by atoms with E-state index in [0.717, 1.165) is 96.8 Å². The largest absolute Gasteiger partial charge is 0.470 e. The summed E-state index contributed by atoms with van der Waals surface area (Å²) >= 11 is 0. The van der Waals surface area contributed by atoms with Gasteiger partial charge in [0.1, 0.15) is 0 Å². The number of carbonyl (C=O) groups is 2. The van der Waals surface area contributed by atoms with E-state index in [1.165, 1.54) is 5.56 Å². The van der Waals surface area contributed by atoms with E-state index in [2.05, 4.69) is 27.8 Å². The van der Waals surface area contributed by atoms with Gasteiger partial charge in [0.15, 0.2) is 12.5 Å². The Morgan fingerprint density at radius 1 is 0.944 bits per heavy atom. The second-order valence-electron chi connectivity index (χ2n) is 10.2. The first kappa shape index (κ1) is 24.9. The summed E-state index contributed by atoms with van der Waals surface area (Å²) < 4.78 is 11.3. The number of urea groups is 1. The van der Waals surface area contributed by atoms with Crippen LogP contribution in [0.5, 0.6) is 0 Å². The lowest BCUT2D eigenvalue weighted by Crippen LogP contribution is -2.53. The lowest BCUT2D eigenvalue weighted by molar-refractivity contribution is -0.138. The third kappa shape index (κ3) is 5.78. The second-order valence-corrected chi connectivity index (χ2v) is 10.2. The van der Waals surface area contributed by atoms with Crippen LogP contribution in [-0.2, 0) is 20.7 Å². The average molecular weight is 498 g/mol. The van der Waals surface area contributed by atoms with Crippen LogP contribution >= 0.6 is 0 Å². The number of hydrogen-bond acceptors (Lipinski definition) is 6. The first-order chi connectivity index (χ1) is 17.6. The maximum Gasteiger partial charge on any atom is 0.322 e. The lowest BCUT2D eigenvalue weighted by Gasteiger charge is -2.41. The maximum atomic E-state index is 12.8. The van der Waals surface area contributed by atoms with Gasteiger partial charge in [-0.1, -0.05) is 18.2 Å². The topological polar surface area (TPSA) is 77.6 Å². The summed E-state index contributed by atoms with van der Waals surface area (Å²) in [4.78, 5) is 34.1. The molecule has 0 bridgehead atoms. The Labute approximate surface area is 214 Å². The average Bonchev–Trinajstić information content (AvgIpc) is 3.10. The summed E-state index contributed by atoms with van der Waals surface area (Å²) in [6.07, 6.45) is 4.74. The van der Waals surface area contributed by atoms with Gasteiger partial charge in [0, 0.05) is 76.8 Å². The molecule has 9 nitrogen and oxygen atoms in total. The molecule has 9 heteroatoms. The van der Waals surface area contributed by atoms with E-state index in [9.17, 15) is 9.59 Å². The fourth-order valence-corrected chi connectivity index (χ4v) is 5.88. The zero-order chi connectivity index (χ0) is 24.9. The third-order valence-electron chi connectivity index (χ3n) is 8.14. The van der Waals surface area contributed by atoms with Gasteiger partial charge in [0.25, 0.3) is 5.91 Å². The number of nitrogens with one attached hydrogen (secondary N) is 1. The molecule has 3 fully saturated rings. The van der Waals surface area contributed by atoms with Crippen LogP contribution in [-0.4, -0.2) is 109 Å². The Bertz CT molecular complexity index is 934. The zero-order valence-corrected chi connectivity index (χ0v) is 21.2. The van der Waals surface area contributed by atoms with Crippen LogP contribution in [0.1, 0.15) is 31.2 Å². The number of piperazine rings is 1. The molecule has 0 saturated carbocycles. The molecule has 0 radical (unpaired) electrons. The Balaban J connectivity index is 1.02. The zero-order valence-electron chi connectivity index (χ0n) is 21.2. The number of carbonyl (C=O) groups excluding carboxylic acids is 2. The first-order valence-electron chi connectivity index (χ1n) is 13.4. The van der Waals surface area contributed by atoms with Crippen LogP contribution in [0.2, 0.25) is 0 Å². The van der Waals surface area contributed by atoms with Gasteiger partial charge in [0.05, 0.1) is 0 Å². The maximum absolute atomic E-state index is 12.8. The van der Waals surface area contributed by atoms with Gasteiger partial charge in [-0.3, -0.25) is 9.69 Å². The van der Waals surface area contributed by atoms with Crippen LogP contribution in [0.15, 0.2) is 36.7 Å². The number of benzene rings is 1. The lowest BCUT2D eigenvalue weighted by atomic mass is 10.0. The van der Waals surface area contributed by atoms with Gasteiger partial charge in [-0.05, 0) is 50.3 Å². The van der Waals surface area contributed by atoms with Crippen molar-refractivity contribution in [1.29, 1.82) is 0 Å². The molecule has 36 heavy (non-hydrogen) atoms. The normalized spacial score (nSPS) is 22.6. The number of rotatable bonds is 6. The van der Waals surface area contributed by atoms with Crippen molar-refractivity contribution in [3.63, 3.8) is 0 Å². The van der Waals surface area contributed by atoms with E-state index < -0.39 is 0 Å². The minimum absolute atomic E-state index is 0.0176. The SMILES string of the molecule is C=C(OCC(=O)N1CCN(C2CCOCC2)CC1)N1CCC(N2CCc3ccccc3NC2=O)CC1. The van der Waals surface area contributed by atoms with Gasteiger partial charge in [-0.2, -0.15) is 0 Å². The third-order valence-corrected chi connectivity index (χ3v) is 8.14. The van der Waals surface area contributed by atoms with Crippen molar-refractivity contribution in [3.05, 3.63) is 42.3 Å². The van der Waals surface area contributed by atoms with Crippen molar-refractivity contribution >= 4 is 17.6 Å². The fourth-order valence-electron chi connectivity index (χ4n) is 5.88. The van der Waals surface area contributed by atoms with Crippen molar-refractivity contribution in [2.75, 3.05) is 71.0 Å². The molecule has 4 aliphatic heterocycles. The predicted octanol–water partition coefficient (Wildman–Crippen LogP) is 2.35. The van der Waals surface area contributed by atoms with Crippen molar-refractivity contribution in [1.82, 2.24) is 19.6 Å². The van der Waals surface area contributed by atoms with E-state index >= 15 is 0 Å². The Morgan fingerprint density at radius 3 is 2.42 bits per heavy atom. The van der Waals surface area contributed by atoms with E-state index in [4.69, 9.17) is 9.47 Å². The van der Waals surface area contributed by atoms with Crippen LogP contribution in [0, 0.1) is 0 Å². The highest BCUT2D eigenvalue weighted by Gasteiger charge is 2.31. The number of para-hydroxylation sites is 1. The van der Waals surface area contributed by atoms with Crippen LogP contribution in [0.4, 0.5) is 10.5 Å². The predicted molar refractivity (Wildman–Crippen MR) is 138 cm³/mol. The van der Waals surface area contributed by atoms with Crippen molar-refractivity contribution < 1.29 is 19.1 Å². The highest BCUT2D eigenvalue weighted by Crippen LogP contribution is 2.25. The molecule has 1 aromatic rings. The molecule has 0 unspecified atom stereocenters. The summed E-state index contributed by atoms with van der Waals surface area (Å²) in [5.74, 6) is 0.578. The Morgan fingerprint density at radius 2 is 1.67 bits per heavy atom. The molecule has 1 N–H and O–H groups in total. The van der Waals surface area contributed by atoms with Crippen LogP contribution in [0.3, 0.4) is 0 Å². The van der Waals surface area contributed by atoms with Gasteiger partial charge >= 0.3 is 6.03 Å². The summed E-state index contributed by atoms with van der Waals surface area (Å²) in [6, 6.07) is 8.78. The van der Waals surface area contributed by atoms with Gasteiger partial charge in [-0.15, -0.1) is 0 Å². The summed E-state index contributed by atoms with van der Waals surface area (Å²) in [5, 5.41) is 3.07. The van der Waals surface area contributed by atoms with Gasteiger partial charge < -0.3 is 29.5 Å². The highest BCUT2D eigenvalue weighted by atomic mass is 16.5. The molecule has 4 heterocycles. The Kier molecular flexibility index (Phi) is 7.96. The quantitative estimate of drug-likeness (QED) is 0.608. The molecule has 0 atom stereocenters. The fraction of sp³-hybridized carbons (Fsp3) is 0.630. The summed E-state index contributed by atoms with van der Waals surface area (Å²) in [5.41, 5.74) is 2.10. The van der Waals surface area contributed by atoms with E-state index in [0.29, 0.717) is 11.9 Å². The Hall–Kier alpha value is -2.78. The van der Waals surface area contributed by atoms with Crippen LogP contribution in [0.25, 0.3) is 0 Å². The van der Waals surface area contributed by atoms with Crippen molar-refractivity contribution in [2.24, 2.45) is 0 Å². The molecule has 0 aliphatic carbocycles. The monoisotopic (exact) mass is 497 g/mol. The molecule has 1 aromatic carbocycles. The molecule has 0 spiro atoms. The number of anilines is 1. The minimum Gasteiger partial charge on any atom is -0.470 e. The van der Waals surface area contributed by atoms with E-state index in [1.807, 2.05) is 28.0 Å². The van der Waals surface area contributed by atoms with E-state index in [1.54, 1.807) is 0 Å². The second kappa shape index (κ2) is 11.5. The number of likely N-dealkylation sites (tertiary alicyclic amines) is 1. The summed E-state index contributed by atoms with van der Waals surface area (Å²) in [6.45, 7) is 11.4. The molecule has 3 amide bonds. The molecule has 4 aliphatic rings. The van der Waals surface area contributed by atoms with Crippen molar-refractivity contribution in [3.8, 4) is 0 Å². The molecular weight excluding hydrogens is 458 g/mol. The number of hydrogen-bond donors (Lipinski definition) is 1. The summed E-state index contributed by atoms with van der Waals surface area (Å²) in [7, 11) is 0. The van der Waals surface area contributed by atoms with Crippen LogP contribution < -0.4 is 5.32 Å². The van der Waals surface area contributed by atoms with Crippen molar-refractivity contribution in [2.45, 2.75) is 44.2 Å². The molecule has 3 saturated heterocycles. The molecular formula is C27H39N5O4. The first-order valence-corrected chi connectivity index (χ1v) is 13.4. The molecule has 0 aromatic heterocycles. The molecule has 196 valence electrons. The minimum atomic E-state index is -0.0176. The van der Waals surface area contributed by atoms with E-state index in [-0.39, 0.29) is 24.6 Å². The number of ether oxygens (including phenoxy) is 2. The highest BCUT2D eigenvalue weighted by molar-refractivity contribution is 5.91. The molecule has 5 rings (SSSR count). The number of nitrogens with zero attached hydrogens (tertiary/aromatic N) is 4. The van der Waals surface area contributed by atoms with Gasteiger partial charge in [0.2, 0.25) is 0 Å². The standard InChI is InChI=1S/C27H39N5O4/c1-21(36-20-26(33)31-16-14-30(15-17-31)23-9-18-35-19-10-23)29-11-7-24(8-12-29)32-13-6-22-4-2-3-5-25(22)28-27(32)34/h2-5,23-24H,1,6-20H2,(H,28,34). The van der Waals surface area contributed by atoms with Gasteiger partial charge in [-0.25, -0.2) is 4.79 Å².